The minimum absolute atomic E-state index is 0.0973. The number of carbonyl (C=O) groups is 2. The van der Waals surface area contributed by atoms with Gasteiger partial charge in [0.05, 0.1) is 19.3 Å². The van der Waals surface area contributed by atoms with Gasteiger partial charge in [-0.1, -0.05) is 60.7 Å². The van der Waals surface area contributed by atoms with Crippen LogP contribution in [0.5, 0.6) is 5.75 Å². The lowest BCUT2D eigenvalue weighted by molar-refractivity contribution is -0.139. The van der Waals surface area contributed by atoms with Crippen molar-refractivity contribution in [2.24, 2.45) is 0 Å². The topological polar surface area (TPSA) is 76.1 Å². The number of methoxy groups -OCH3 is 1. The molecule has 0 fully saturated rings. The number of para-hydroxylation sites is 1. The number of aliphatic carboxylic acids is 1. The number of carbonyl (C=O) groups excluding carboxylic acids is 1. The Hall–Kier alpha value is -3.64. The van der Waals surface area contributed by atoms with Crippen molar-refractivity contribution in [3.8, 4) is 5.75 Å². The first kappa shape index (κ1) is 21.6. The van der Waals surface area contributed by atoms with E-state index < -0.39 is 18.2 Å². The van der Waals surface area contributed by atoms with Crippen LogP contribution in [0.25, 0.3) is 0 Å². The summed E-state index contributed by atoms with van der Waals surface area (Å²) in [5.41, 5.74) is 3.48. The second kappa shape index (κ2) is 9.66. The lowest BCUT2D eigenvalue weighted by atomic mass is 9.99. The molecule has 0 aliphatic carbocycles. The Morgan fingerprint density at radius 3 is 2.38 bits per heavy atom. The summed E-state index contributed by atoms with van der Waals surface area (Å²) in [7, 11) is 1.61. The van der Waals surface area contributed by atoms with Crippen molar-refractivity contribution in [2.45, 2.75) is 31.6 Å². The Morgan fingerprint density at radius 1 is 1.00 bits per heavy atom. The SMILES string of the molecule is COc1ccc(C2OC(CCC(=O)O)C(=O)N(Cc3ccccc3)c3ccccc32)cc1. The number of carboxylic acid groups (broad SMARTS) is 1. The molecule has 0 radical (unpaired) electrons. The summed E-state index contributed by atoms with van der Waals surface area (Å²) < 4.78 is 11.6. The van der Waals surface area contributed by atoms with E-state index in [9.17, 15) is 14.7 Å². The zero-order chi connectivity index (χ0) is 22.5. The number of hydrogen-bond acceptors (Lipinski definition) is 4. The van der Waals surface area contributed by atoms with E-state index in [4.69, 9.17) is 9.47 Å². The maximum absolute atomic E-state index is 13.6. The number of benzene rings is 3. The lowest BCUT2D eigenvalue weighted by Gasteiger charge is -2.25. The van der Waals surface area contributed by atoms with Gasteiger partial charge in [-0.25, -0.2) is 0 Å². The molecule has 1 heterocycles. The molecule has 4 rings (SSSR count). The molecule has 6 heteroatoms. The molecule has 0 saturated heterocycles. The molecule has 2 atom stereocenters. The maximum atomic E-state index is 13.6. The summed E-state index contributed by atoms with van der Waals surface area (Å²) in [6.45, 7) is 0.374. The summed E-state index contributed by atoms with van der Waals surface area (Å²) >= 11 is 0. The Bertz CT molecular complexity index is 1080. The highest BCUT2D eigenvalue weighted by Crippen LogP contribution is 2.39. The fourth-order valence-corrected chi connectivity index (χ4v) is 3.96. The number of rotatable bonds is 7. The molecule has 0 saturated carbocycles. The quantitative estimate of drug-likeness (QED) is 0.593. The van der Waals surface area contributed by atoms with Crippen LogP contribution in [0.1, 0.15) is 35.6 Å². The molecule has 32 heavy (non-hydrogen) atoms. The molecule has 2 unspecified atom stereocenters. The van der Waals surface area contributed by atoms with Crippen molar-refractivity contribution in [1.29, 1.82) is 0 Å². The predicted molar refractivity (Wildman–Crippen MR) is 121 cm³/mol. The molecule has 164 valence electrons. The van der Waals surface area contributed by atoms with Gasteiger partial charge in [0.15, 0.2) is 0 Å². The molecule has 0 bridgehead atoms. The number of nitrogens with zero attached hydrogens (tertiary/aromatic N) is 1. The number of amides is 1. The first-order chi connectivity index (χ1) is 15.6. The molecule has 6 nitrogen and oxygen atoms in total. The van der Waals surface area contributed by atoms with Gasteiger partial charge in [-0.15, -0.1) is 0 Å². The Labute approximate surface area is 187 Å². The fourth-order valence-electron chi connectivity index (χ4n) is 3.96. The second-order valence-corrected chi connectivity index (χ2v) is 7.68. The molecular weight excluding hydrogens is 406 g/mol. The van der Waals surface area contributed by atoms with Crippen LogP contribution in [-0.4, -0.2) is 30.2 Å². The van der Waals surface area contributed by atoms with Gasteiger partial charge in [0, 0.05) is 12.0 Å². The highest BCUT2D eigenvalue weighted by atomic mass is 16.5. The smallest absolute Gasteiger partial charge is 0.303 e. The van der Waals surface area contributed by atoms with E-state index in [1.54, 1.807) is 12.0 Å². The fraction of sp³-hybridized carbons (Fsp3) is 0.231. The number of carboxylic acids is 1. The van der Waals surface area contributed by atoms with Crippen LogP contribution in [0.2, 0.25) is 0 Å². The number of anilines is 1. The molecular formula is C26H25NO5. The van der Waals surface area contributed by atoms with Crippen molar-refractivity contribution in [2.75, 3.05) is 12.0 Å². The van der Waals surface area contributed by atoms with Gasteiger partial charge in [0.2, 0.25) is 0 Å². The van der Waals surface area contributed by atoms with E-state index >= 15 is 0 Å². The molecule has 1 amide bonds. The van der Waals surface area contributed by atoms with Gasteiger partial charge < -0.3 is 19.5 Å². The number of ether oxygens (including phenoxy) is 2. The third-order valence-electron chi connectivity index (χ3n) is 5.57. The Balaban J connectivity index is 1.78. The second-order valence-electron chi connectivity index (χ2n) is 7.68. The van der Waals surface area contributed by atoms with E-state index in [0.29, 0.717) is 6.54 Å². The normalized spacial score (nSPS) is 18.0. The molecule has 1 N–H and O–H groups in total. The first-order valence-corrected chi connectivity index (χ1v) is 10.5. The van der Waals surface area contributed by atoms with Crippen LogP contribution in [0.15, 0.2) is 78.9 Å². The number of hydrogen-bond donors (Lipinski definition) is 1. The monoisotopic (exact) mass is 431 g/mol. The standard InChI is InChI=1S/C26H25NO5/c1-31-20-13-11-19(12-14-20)25-21-9-5-6-10-22(21)27(17-18-7-3-2-4-8-18)26(30)23(32-25)15-16-24(28)29/h2-14,23,25H,15-17H2,1H3,(H,28,29). The highest BCUT2D eigenvalue weighted by molar-refractivity contribution is 5.98. The van der Waals surface area contributed by atoms with E-state index in [0.717, 1.165) is 28.1 Å². The molecule has 0 spiro atoms. The van der Waals surface area contributed by atoms with Crippen LogP contribution in [0.3, 0.4) is 0 Å². The zero-order valence-corrected chi connectivity index (χ0v) is 17.8. The van der Waals surface area contributed by atoms with Crippen molar-refractivity contribution in [3.05, 3.63) is 95.6 Å². The third kappa shape index (κ3) is 4.65. The van der Waals surface area contributed by atoms with Gasteiger partial charge in [0.1, 0.15) is 18.0 Å². The molecule has 0 aromatic heterocycles. The van der Waals surface area contributed by atoms with Gasteiger partial charge >= 0.3 is 5.97 Å². The van der Waals surface area contributed by atoms with E-state index in [1.165, 1.54) is 0 Å². The van der Waals surface area contributed by atoms with Gasteiger partial charge in [-0.05, 0) is 35.7 Å². The molecule has 3 aromatic carbocycles. The third-order valence-corrected chi connectivity index (χ3v) is 5.57. The van der Waals surface area contributed by atoms with E-state index in [1.807, 2.05) is 78.9 Å². The van der Waals surface area contributed by atoms with Crippen LogP contribution < -0.4 is 9.64 Å². The van der Waals surface area contributed by atoms with Crippen molar-refractivity contribution in [3.63, 3.8) is 0 Å². The maximum Gasteiger partial charge on any atom is 0.303 e. The molecule has 1 aliphatic heterocycles. The minimum atomic E-state index is -0.959. The number of fused-ring (bicyclic) bond motifs is 1. The molecule has 1 aliphatic rings. The summed E-state index contributed by atoms with van der Waals surface area (Å²) in [6.07, 6.45) is -1.45. The van der Waals surface area contributed by atoms with Gasteiger partial charge in [0.25, 0.3) is 5.91 Å². The zero-order valence-electron chi connectivity index (χ0n) is 17.8. The van der Waals surface area contributed by atoms with Gasteiger partial charge in [-0.2, -0.15) is 0 Å². The minimum Gasteiger partial charge on any atom is -0.497 e. The Morgan fingerprint density at radius 2 is 1.69 bits per heavy atom. The largest absolute Gasteiger partial charge is 0.497 e. The molecule has 3 aromatic rings. The Kier molecular flexibility index (Phi) is 6.52. The van der Waals surface area contributed by atoms with Crippen molar-refractivity contribution >= 4 is 17.6 Å². The van der Waals surface area contributed by atoms with Crippen LogP contribution in [0.4, 0.5) is 5.69 Å². The van der Waals surface area contributed by atoms with Crippen molar-refractivity contribution < 1.29 is 24.2 Å². The van der Waals surface area contributed by atoms with E-state index in [-0.39, 0.29) is 18.7 Å². The average molecular weight is 431 g/mol. The van der Waals surface area contributed by atoms with Gasteiger partial charge in [-0.3, -0.25) is 9.59 Å². The summed E-state index contributed by atoms with van der Waals surface area (Å²) in [5.74, 6) is -0.475. The predicted octanol–water partition coefficient (Wildman–Crippen LogP) is 4.58. The van der Waals surface area contributed by atoms with Crippen molar-refractivity contribution in [1.82, 2.24) is 0 Å². The summed E-state index contributed by atoms with van der Waals surface area (Å²) in [5, 5.41) is 9.22. The van der Waals surface area contributed by atoms with Crippen LogP contribution in [0, 0.1) is 0 Å². The average Bonchev–Trinajstić information content (AvgIpc) is 2.94. The van der Waals surface area contributed by atoms with Crippen LogP contribution in [-0.2, 0) is 20.9 Å². The van der Waals surface area contributed by atoms with Crippen LogP contribution >= 0.6 is 0 Å². The summed E-state index contributed by atoms with van der Waals surface area (Å²) in [4.78, 5) is 26.6. The first-order valence-electron chi connectivity index (χ1n) is 10.5. The summed E-state index contributed by atoms with van der Waals surface area (Å²) in [6, 6.07) is 24.9. The lowest BCUT2D eigenvalue weighted by Crippen LogP contribution is -2.39. The highest BCUT2D eigenvalue weighted by Gasteiger charge is 2.36. The van der Waals surface area contributed by atoms with E-state index in [2.05, 4.69) is 0 Å².